The van der Waals surface area contributed by atoms with Gasteiger partial charge in [0.2, 0.25) is 0 Å². The molecule has 0 radical (unpaired) electrons. The zero-order chi connectivity index (χ0) is 14.1. The van der Waals surface area contributed by atoms with Crippen LogP contribution < -0.4 is 0 Å². The highest BCUT2D eigenvalue weighted by molar-refractivity contribution is 5.87. The van der Waals surface area contributed by atoms with Gasteiger partial charge in [-0.3, -0.25) is 0 Å². The van der Waals surface area contributed by atoms with Gasteiger partial charge in [-0.2, -0.15) is 0 Å². The highest BCUT2D eigenvalue weighted by Crippen LogP contribution is 2.43. The molecule has 0 bridgehead atoms. The monoisotopic (exact) mass is 263 g/mol. The van der Waals surface area contributed by atoms with Gasteiger partial charge in [-0.15, -0.1) is 5.92 Å². The molecule has 1 nitrogen and oxygen atoms in total. The van der Waals surface area contributed by atoms with Crippen LogP contribution in [-0.2, 0) is 19.9 Å². The van der Waals surface area contributed by atoms with E-state index in [2.05, 4.69) is 48.6 Å². The van der Waals surface area contributed by atoms with Crippen molar-refractivity contribution in [3.8, 4) is 11.8 Å². The molecule has 1 heteroatoms. The summed E-state index contributed by atoms with van der Waals surface area (Å²) < 4.78 is 2.36. The fourth-order valence-electron chi connectivity index (χ4n) is 3.50. The van der Waals surface area contributed by atoms with Gasteiger partial charge in [0.05, 0.1) is 5.69 Å². The van der Waals surface area contributed by atoms with Gasteiger partial charge < -0.3 is 4.57 Å². The molecule has 1 aromatic rings. The van der Waals surface area contributed by atoms with Crippen LogP contribution in [-0.4, -0.2) is 4.57 Å². The van der Waals surface area contributed by atoms with Crippen molar-refractivity contribution in [2.45, 2.75) is 39.5 Å². The molecule has 0 spiro atoms. The second kappa shape index (κ2) is 5.21. The van der Waals surface area contributed by atoms with Crippen molar-refractivity contribution in [3.05, 3.63) is 46.3 Å². The van der Waals surface area contributed by atoms with E-state index in [0.717, 1.165) is 12.8 Å². The maximum atomic E-state index is 3.03. The first-order valence-corrected chi connectivity index (χ1v) is 7.47. The van der Waals surface area contributed by atoms with E-state index in [1.807, 2.05) is 13.0 Å². The van der Waals surface area contributed by atoms with Crippen LogP contribution in [0.2, 0.25) is 0 Å². The van der Waals surface area contributed by atoms with Crippen LogP contribution in [0.25, 0.3) is 11.6 Å². The van der Waals surface area contributed by atoms with E-state index in [9.17, 15) is 0 Å². The summed E-state index contributed by atoms with van der Waals surface area (Å²) in [5.41, 5.74) is 8.81. The molecule has 1 aromatic heterocycles. The zero-order valence-electron chi connectivity index (χ0n) is 12.6. The second-order valence-corrected chi connectivity index (χ2v) is 5.43. The topological polar surface area (TPSA) is 4.93 Å². The predicted octanol–water partition coefficient (Wildman–Crippen LogP) is 4.28. The molecule has 0 N–H and O–H groups in total. The van der Waals surface area contributed by atoms with E-state index in [1.165, 1.54) is 40.9 Å². The third-order valence-corrected chi connectivity index (χ3v) is 4.35. The zero-order valence-corrected chi connectivity index (χ0v) is 12.6. The molecule has 2 aliphatic carbocycles. The van der Waals surface area contributed by atoms with Crippen LogP contribution in [0.15, 0.2) is 23.8 Å². The smallest absolute Gasteiger partial charge is 0.0520 e. The summed E-state index contributed by atoms with van der Waals surface area (Å²) >= 11 is 0. The van der Waals surface area contributed by atoms with E-state index >= 15 is 0 Å². The maximum Gasteiger partial charge on any atom is 0.0520 e. The predicted molar refractivity (Wildman–Crippen MR) is 86.3 cm³/mol. The summed E-state index contributed by atoms with van der Waals surface area (Å²) in [4.78, 5) is 0. The molecule has 0 unspecified atom stereocenters. The Hall–Kier alpha value is -1.94. The van der Waals surface area contributed by atoms with Crippen LogP contribution in [0.5, 0.6) is 0 Å². The lowest BCUT2D eigenvalue weighted by Gasteiger charge is -2.12. The van der Waals surface area contributed by atoms with Crippen molar-refractivity contribution in [1.82, 2.24) is 4.57 Å². The third-order valence-electron chi connectivity index (χ3n) is 4.35. The fourth-order valence-corrected chi connectivity index (χ4v) is 3.50. The molecule has 2 aliphatic rings. The molecule has 3 rings (SSSR count). The lowest BCUT2D eigenvalue weighted by molar-refractivity contribution is 0.887. The quantitative estimate of drug-likeness (QED) is 0.702. The molecule has 0 amide bonds. The molecule has 0 fully saturated rings. The van der Waals surface area contributed by atoms with Crippen molar-refractivity contribution in [3.63, 3.8) is 0 Å². The van der Waals surface area contributed by atoms with Crippen LogP contribution >= 0.6 is 0 Å². The molecular formula is C19H21N. The number of fused-ring (bicyclic) bond motifs is 3. The third kappa shape index (κ3) is 1.88. The van der Waals surface area contributed by atoms with Gasteiger partial charge in [0.1, 0.15) is 0 Å². The van der Waals surface area contributed by atoms with Gasteiger partial charge in [0.15, 0.2) is 0 Å². The van der Waals surface area contributed by atoms with E-state index < -0.39 is 0 Å². The first-order valence-electron chi connectivity index (χ1n) is 7.47. The van der Waals surface area contributed by atoms with Crippen molar-refractivity contribution < 1.29 is 0 Å². The Morgan fingerprint density at radius 1 is 1.30 bits per heavy atom. The molecule has 0 atom stereocenters. The summed E-state index contributed by atoms with van der Waals surface area (Å²) in [7, 11) is 2.19. The Labute approximate surface area is 121 Å². The van der Waals surface area contributed by atoms with Gasteiger partial charge in [0, 0.05) is 19.2 Å². The molecule has 1 heterocycles. The molecule has 0 saturated carbocycles. The first kappa shape index (κ1) is 13.1. The standard InChI is InChI=1S/C19H21N/c1-4-6-7-12-18-15(5-2)17-13-14-10-8-9-11-16(14)19(17)20(18)3/h7,10-12H,5,8-9,13H2,1-3H3/b12-7-. The minimum atomic E-state index is 1.09. The second-order valence-electron chi connectivity index (χ2n) is 5.43. The summed E-state index contributed by atoms with van der Waals surface area (Å²) in [6.07, 6.45) is 13.6. The van der Waals surface area contributed by atoms with E-state index in [0.29, 0.717) is 0 Å². The summed E-state index contributed by atoms with van der Waals surface area (Å²) in [6, 6.07) is 0. The summed E-state index contributed by atoms with van der Waals surface area (Å²) in [5.74, 6) is 5.95. The lowest BCUT2D eigenvalue weighted by atomic mass is 9.99. The highest BCUT2D eigenvalue weighted by atomic mass is 15.0. The van der Waals surface area contributed by atoms with E-state index in [1.54, 1.807) is 5.56 Å². The van der Waals surface area contributed by atoms with Gasteiger partial charge in [-0.25, -0.2) is 0 Å². The Balaban J connectivity index is 2.15. The summed E-state index contributed by atoms with van der Waals surface area (Å²) in [6.45, 7) is 4.13. The normalized spacial score (nSPS) is 16.4. The maximum absolute atomic E-state index is 3.03. The highest BCUT2D eigenvalue weighted by Gasteiger charge is 2.29. The number of allylic oxidation sites excluding steroid dienone is 5. The van der Waals surface area contributed by atoms with Crippen LogP contribution in [0.4, 0.5) is 0 Å². The molecule has 0 saturated heterocycles. The Bertz CT molecular complexity index is 696. The Kier molecular flexibility index (Phi) is 3.40. The lowest BCUT2D eigenvalue weighted by Crippen LogP contribution is -2.00. The fraction of sp³-hybridized carbons (Fsp3) is 0.368. The SMILES string of the molecule is CC#C/C=C\c1c(CC)c2c(n1C)C1=CCCC=C1C2. The number of hydrogen-bond acceptors (Lipinski definition) is 0. The summed E-state index contributed by atoms with van der Waals surface area (Å²) in [5, 5.41) is 0. The van der Waals surface area contributed by atoms with Crippen LogP contribution in [0.1, 0.15) is 49.2 Å². The molecule has 0 aliphatic heterocycles. The Morgan fingerprint density at radius 3 is 2.85 bits per heavy atom. The largest absolute Gasteiger partial charge is 0.344 e. The number of hydrogen-bond donors (Lipinski definition) is 0. The van der Waals surface area contributed by atoms with Gasteiger partial charge >= 0.3 is 0 Å². The van der Waals surface area contributed by atoms with Crippen molar-refractivity contribution in [1.29, 1.82) is 0 Å². The molecule has 102 valence electrons. The van der Waals surface area contributed by atoms with Crippen molar-refractivity contribution in [2.24, 2.45) is 7.05 Å². The van der Waals surface area contributed by atoms with Crippen molar-refractivity contribution in [2.75, 3.05) is 0 Å². The Morgan fingerprint density at radius 2 is 2.10 bits per heavy atom. The van der Waals surface area contributed by atoms with Gasteiger partial charge in [-0.1, -0.05) is 25.0 Å². The van der Waals surface area contributed by atoms with Crippen LogP contribution in [0, 0.1) is 11.8 Å². The minimum Gasteiger partial charge on any atom is -0.344 e. The van der Waals surface area contributed by atoms with Crippen molar-refractivity contribution >= 4 is 11.6 Å². The molecule has 20 heavy (non-hydrogen) atoms. The number of aromatic nitrogens is 1. The molecule has 0 aromatic carbocycles. The van der Waals surface area contributed by atoms with E-state index in [-0.39, 0.29) is 0 Å². The minimum absolute atomic E-state index is 1.09. The first-order chi connectivity index (χ1) is 9.77. The van der Waals surface area contributed by atoms with Gasteiger partial charge in [-0.05, 0) is 60.6 Å². The van der Waals surface area contributed by atoms with E-state index in [4.69, 9.17) is 0 Å². The average molecular weight is 263 g/mol. The van der Waals surface area contributed by atoms with Crippen LogP contribution in [0.3, 0.4) is 0 Å². The van der Waals surface area contributed by atoms with Gasteiger partial charge in [0.25, 0.3) is 0 Å². The number of nitrogens with zero attached hydrogens (tertiary/aromatic N) is 1. The average Bonchev–Trinajstić information content (AvgIpc) is 2.95. The molecular weight excluding hydrogens is 242 g/mol. The number of rotatable bonds is 2.